The summed E-state index contributed by atoms with van der Waals surface area (Å²) in [6, 6.07) is 2.86. The van der Waals surface area contributed by atoms with Gasteiger partial charge in [-0.2, -0.15) is 0 Å². The highest BCUT2D eigenvalue weighted by Gasteiger charge is 2.31. The molecule has 0 amide bonds. The van der Waals surface area contributed by atoms with Crippen LogP contribution in [0, 0.1) is 11.7 Å². The molecule has 4 nitrogen and oxygen atoms in total. The van der Waals surface area contributed by atoms with Gasteiger partial charge in [-0.25, -0.2) is 4.39 Å². The lowest BCUT2D eigenvalue weighted by atomic mass is 10.0. The maximum absolute atomic E-state index is 13.6. The number of aromatic hydroxyl groups is 1. The third kappa shape index (κ3) is 3.41. The molecule has 1 fully saturated rings. The molecule has 0 spiro atoms. The first kappa shape index (κ1) is 15.9. The number of rotatable bonds is 4. The van der Waals surface area contributed by atoms with Crippen LogP contribution in [-0.2, 0) is 6.54 Å². The molecule has 21 heavy (non-hydrogen) atoms. The second-order valence-electron chi connectivity index (χ2n) is 6.22. The molecule has 1 heterocycles. The Bertz CT molecular complexity index is 545. The van der Waals surface area contributed by atoms with Gasteiger partial charge in [-0.05, 0) is 39.1 Å². The van der Waals surface area contributed by atoms with E-state index >= 15 is 0 Å². The summed E-state index contributed by atoms with van der Waals surface area (Å²) in [7, 11) is 4.11. The third-order valence-corrected chi connectivity index (χ3v) is 4.24. The fraction of sp³-hybridized carbons (Fsp3) is 0.562. The second-order valence-corrected chi connectivity index (χ2v) is 6.22. The van der Waals surface area contributed by atoms with Crippen LogP contribution in [0.3, 0.4) is 0 Å². The normalized spacial score (nSPS) is 23.0. The average Bonchev–Trinajstić information content (AvgIpc) is 2.74. The first-order valence-electron chi connectivity index (χ1n) is 7.20. The minimum Gasteiger partial charge on any atom is -0.507 e. The minimum atomic E-state index is -0.482. The predicted molar refractivity (Wildman–Crippen MR) is 80.0 cm³/mol. The van der Waals surface area contributed by atoms with E-state index in [0.717, 1.165) is 19.2 Å². The van der Waals surface area contributed by atoms with Crippen molar-refractivity contribution in [2.45, 2.75) is 26.4 Å². The van der Waals surface area contributed by atoms with Gasteiger partial charge in [-0.3, -0.25) is 9.69 Å². The predicted octanol–water partition coefficient (Wildman–Crippen LogP) is 2.12. The Labute approximate surface area is 125 Å². The number of ketones is 1. The summed E-state index contributed by atoms with van der Waals surface area (Å²) in [6.45, 7) is 5.75. The summed E-state index contributed by atoms with van der Waals surface area (Å²) in [5.74, 6) is -0.383. The van der Waals surface area contributed by atoms with E-state index in [2.05, 4.69) is 30.8 Å². The molecule has 0 saturated carbocycles. The summed E-state index contributed by atoms with van der Waals surface area (Å²) < 4.78 is 13.6. The van der Waals surface area contributed by atoms with Crippen molar-refractivity contribution in [1.82, 2.24) is 9.80 Å². The molecule has 0 aromatic heterocycles. The number of likely N-dealkylation sites (N-methyl/N-ethyl adjacent to an activating group) is 1. The molecular formula is C16H23FN2O2. The summed E-state index contributed by atoms with van der Waals surface area (Å²) in [5.41, 5.74) is 0.535. The monoisotopic (exact) mass is 294 g/mol. The summed E-state index contributed by atoms with van der Waals surface area (Å²) >= 11 is 0. The zero-order valence-electron chi connectivity index (χ0n) is 13.1. The Morgan fingerprint density at radius 3 is 2.62 bits per heavy atom. The summed E-state index contributed by atoms with van der Waals surface area (Å²) in [6.07, 6.45) is 0. The van der Waals surface area contributed by atoms with Crippen molar-refractivity contribution in [3.63, 3.8) is 0 Å². The molecule has 1 aromatic rings. The molecule has 116 valence electrons. The molecule has 1 saturated heterocycles. The van der Waals surface area contributed by atoms with E-state index in [4.69, 9.17) is 0 Å². The zero-order chi connectivity index (χ0) is 15.7. The van der Waals surface area contributed by atoms with Crippen molar-refractivity contribution in [2.24, 2.45) is 5.92 Å². The van der Waals surface area contributed by atoms with Crippen LogP contribution in [0.5, 0.6) is 5.75 Å². The van der Waals surface area contributed by atoms with Gasteiger partial charge in [-0.15, -0.1) is 0 Å². The minimum absolute atomic E-state index is 0.0569. The average molecular weight is 294 g/mol. The van der Waals surface area contributed by atoms with Gasteiger partial charge in [0.1, 0.15) is 11.6 Å². The van der Waals surface area contributed by atoms with E-state index in [1.54, 1.807) is 0 Å². The highest BCUT2D eigenvalue weighted by molar-refractivity contribution is 5.97. The van der Waals surface area contributed by atoms with Crippen molar-refractivity contribution in [1.29, 1.82) is 0 Å². The van der Waals surface area contributed by atoms with Crippen molar-refractivity contribution in [2.75, 3.05) is 27.2 Å². The van der Waals surface area contributed by atoms with Gasteiger partial charge in [0.25, 0.3) is 0 Å². The van der Waals surface area contributed by atoms with Crippen LogP contribution in [0.1, 0.15) is 29.8 Å². The van der Waals surface area contributed by atoms with Crippen LogP contribution < -0.4 is 0 Å². The van der Waals surface area contributed by atoms with Crippen LogP contribution in [0.15, 0.2) is 12.1 Å². The lowest BCUT2D eigenvalue weighted by Gasteiger charge is -2.22. The van der Waals surface area contributed by atoms with Crippen LogP contribution in [0.2, 0.25) is 0 Å². The smallest absolute Gasteiger partial charge is 0.163 e. The first-order valence-corrected chi connectivity index (χ1v) is 7.20. The van der Waals surface area contributed by atoms with Crippen LogP contribution in [0.4, 0.5) is 4.39 Å². The van der Waals surface area contributed by atoms with E-state index in [9.17, 15) is 14.3 Å². The van der Waals surface area contributed by atoms with Crippen molar-refractivity contribution in [3.05, 3.63) is 29.1 Å². The number of nitrogens with zero attached hydrogens (tertiary/aromatic N) is 2. The number of hydrogen-bond acceptors (Lipinski definition) is 4. The molecule has 0 aliphatic carbocycles. The SMILES string of the molecule is CC(=O)c1cc(F)cc(CN2CC(C)C(N(C)C)C2)c1O. The Kier molecular flexibility index (Phi) is 4.64. The van der Waals surface area contributed by atoms with Gasteiger partial charge in [0.15, 0.2) is 5.78 Å². The second kappa shape index (κ2) is 6.12. The lowest BCUT2D eigenvalue weighted by Crippen LogP contribution is -2.34. The number of benzene rings is 1. The Hall–Kier alpha value is -1.46. The third-order valence-electron chi connectivity index (χ3n) is 4.24. The van der Waals surface area contributed by atoms with E-state index < -0.39 is 5.82 Å². The quantitative estimate of drug-likeness (QED) is 0.864. The molecule has 2 atom stereocenters. The van der Waals surface area contributed by atoms with Crippen molar-refractivity contribution < 1.29 is 14.3 Å². The summed E-state index contributed by atoms with van der Waals surface area (Å²) in [4.78, 5) is 15.8. The number of carbonyl (C=O) groups excluding carboxylic acids is 1. The van der Waals surface area contributed by atoms with E-state index in [1.807, 2.05) is 0 Å². The number of phenols is 1. The van der Waals surface area contributed by atoms with Crippen molar-refractivity contribution in [3.8, 4) is 5.75 Å². The zero-order valence-corrected chi connectivity index (χ0v) is 13.1. The molecule has 1 aromatic carbocycles. The van der Waals surface area contributed by atoms with Gasteiger partial charge in [-0.1, -0.05) is 6.92 Å². The number of phenolic OH excluding ortho intramolecular Hbond substituents is 1. The molecule has 0 radical (unpaired) electrons. The van der Waals surface area contributed by atoms with Crippen LogP contribution in [0.25, 0.3) is 0 Å². The molecule has 2 rings (SSSR count). The maximum atomic E-state index is 13.6. The number of carbonyl (C=O) groups is 1. The molecule has 1 aliphatic heterocycles. The van der Waals surface area contributed by atoms with Gasteiger partial charge >= 0.3 is 0 Å². The van der Waals surface area contributed by atoms with Gasteiger partial charge in [0, 0.05) is 31.2 Å². The highest BCUT2D eigenvalue weighted by Crippen LogP contribution is 2.28. The molecular weight excluding hydrogens is 271 g/mol. The number of Topliss-reactive ketones (excluding diaryl/α,β-unsaturated/α-hetero) is 1. The fourth-order valence-corrected chi connectivity index (χ4v) is 3.13. The Morgan fingerprint density at radius 2 is 2.10 bits per heavy atom. The topological polar surface area (TPSA) is 43.8 Å². The van der Waals surface area contributed by atoms with E-state index in [-0.39, 0.29) is 17.1 Å². The van der Waals surface area contributed by atoms with E-state index in [1.165, 1.54) is 13.0 Å². The Morgan fingerprint density at radius 1 is 1.43 bits per heavy atom. The number of likely N-dealkylation sites (tertiary alicyclic amines) is 1. The standard InChI is InChI=1S/C16H23FN2O2/c1-10-7-19(9-15(10)18(3)4)8-12-5-13(17)6-14(11(2)20)16(12)21/h5-6,10,15,21H,7-9H2,1-4H3. The number of halogens is 1. The highest BCUT2D eigenvalue weighted by atomic mass is 19.1. The lowest BCUT2D eigenvalue weighted by molar-refractivity contribution is 0.101. The fourth-order valence-electron chi connectivity index (χ4n) is 3.13. The molecule has 1 aliphatic rings. The van der Waals surface area contributed by atoms with Gasteiger partial charge in [0.05, 0.1) is 5.56 Å². The van der Waals surface area contributed by atoms with E-state index in [0.29, 0.717) is 24.1 Å². The van der Waals surface area contributed by atoms with Crippen LogP contribution >= 0.6 is 0 Å². The molecule has 1 N–H and O–H groups in total. The van der Waals surface area contributed by atoms with Crippen LogP contribution in [-0.4, -0.2) is 53.9 Å². The molecule has 0 bridgehead atoms. The molecule has 2 unspecified atom stereocenters. The molecule has 5 heteroatoms. The largest absolute Gasteiger partial charge is 0.507 e. The van der Waals surface area contributed by atoms with Gasteiger partial charge < -0.3 is 10.0 Å². The van der Waals surface area contributed by atoms with Gasteiger partial charge in [0.2, 0.25) is 0 Å². The Balaban J connectivity index is 2.19. The number of hydrogen-bond donors (Lipinski definition) is 1. The summed E-state index contributed by atoms with van der Waals surface area (Å²) in [5, 5.41) is 10.2. The maximum Gasteiger partial charge on any atom is 0.163 e. The first-order chi connectivity index (χ1) is 9.79. The van der Waals surface area contributed by atoms with Crippen molar-refractivity contribution >= 4 is 5.78 Å².